The molecule has 0 bridgehead atoms. The summed E-state index contributed by atoms with van der Waals surface area (Å²) in [5.41, 5.74) is 0.817. The number of hydrogen-bond donors (Lipinski definition) is 2. The third-order valence-electron chi connectivity index (χ3n) is 3.71. The first-order valence-electron chi connectivity index (χ1n) is 8.56. The molecule has 8 heteroatoms. The van der Waals surface area contributed by atoms with Crippen LogP contribution in [0.1, 0.15) is 16.8 Å². The second-order valence-corrected chi connectivity index (χ2v) is 6.82. The quantitative estimate of drug-likeness (QED) is 0.628. The van der Waals surface area contributed by atoms with Crippen molar-refractivity contribution < 1.29 is 23.5 Å². The molecule has 0 spiro atoms. The number of halogens is 1. The molecule has 0 fully saturated rings. The number of esters is 1. The fourth-order valence-corrected chi connectivity index (χ4v) is 2.75. The number of carbonyl (C=O) groups is 3. The minimum Gasteiger partial charge on any atom is -0.454 e. The Kier molecular flexibility index (Phi) is 8.48. The first-order valence-corrected chi connectivity index (χ1v) is 9.96. The van der Waals surface area contributed by atoms with E-state index in [1.165, 1.54) is 36.0 Å². The summed E-state index contributed by atoms with van der Waals surface area (Å²) in [6, 6.07) is 12.9. The number of hydrogen-bond acceptors (Lipinski definition) is 5. The molecule has 0 aliphatic heterocycles. The number of rotatable bonds is 9. The first kappa shape index (κ1) is 21.4. The van der Waals surface area contributed by atoms with Gasteiger partial charge in [-0.05, 0) is 54.8 Å². The molecule has 2 amide bonds. The predicted molar refractivity (Wildman–Crippen MR) is 107 cm³/mol. The second-order valence-electron chi connectivity index (χ2n) is 5.84. The van der Waals surface area contributed by atoms with Crippen molar-refractivity contribution in [1.29, 1.82) is 0 Å². The van der Waals surface area contributed by atoms with Gasteiger partial charge in [0.05, 0.1) is 0 Å². The van der Waals surface area contributed by atoms with E-state index >= 15 is 0 Å². The Bertz CT molecular complexity index is 800. The number of amides is 2. The maximum Gasteiger partial charge on any atom is 0.329 e. The van der Waals surface area contributed by atoms with E-state index < -0.39 is 30.3 Å². The van der Waals surface area contributed by atoms with Gasteiger partial charge in [-0.3, -0.25) is 9.59 Å². The molecule has 0 saturated heterocycles. The molecular weight excluding hydrogens is 383 g/mol. The molecule has 2 aromatic carbocycles. The smallest absolute Gasteiger partial charge is 0.329 e. The topological polar surface area (TPSA) is 84.5 Å². The summed E-state index contributed by atoms with van der Waals surface area (Å²) < 4.78 is 17.9. The highest BCUT2D eigenvalue weighted by Crippen LogP contribution is 2.09. The molecule has 1 atom stereocenters. The Morgan fingerprint density at radius 3 is 2.39 bits per heavy atom. The SMILES string of the molecule is CSCC[C@H](NC(=O)c1ccccc1)C(=O)OCC(=O)Nc1ccc(F)cc1. The van der Waals surface area contributed by atoms with E-state index in [0.717, 1.165) is 0 Å². The Balaban J connectivity index is 1.89. The second kappa shape index (κ2) is 11.1. The average Bonchev–Trinajstić information content (AvgIpc) is 2.71. The minimum absolute atomic E-state index is 0.373. The Hall–Kier alpha value is -2.87. The summed E-state index contributed by atoms with van der Waals surface area (Å²) in [5, 5.41) is 5.15. The van der Waals surface area contributed by atoms with Gasteiger partial charge in [0.25, 0.3) is 11.8 Å². The Morgan fingerprint density at radius 1 is 1.07 bits per heavy atom. The molecule has 0 saturated carbocycles. The van der Waals surface area contributed by atoms with Crippen LogP contribution in [0.5, 0.6) is 0 Å². The first-order chi connectivity index (χ1) is 13.5. The molecule has 2 N–H and O–H groups in total. The van der Waals surface area contributed by atoms with Gasteiger partial charge in [0, 0.05) is 11.3 Å². The van der Waals surface area contributed by atoms with Crippen molar-refractivity contribution >= 4 is 35.2 Å². The highest BCUT2D eigenvalue weighted by Gasteiger charge is 2.23. The van der Waals surface area contributed by atoms with Gasteiger partial charge in [-0.25, -0.2) is 9.18 Å². The van der Waals surface area contributed by atoms with Gasteiger partial charge in [0.15, 0.2) is 6.61 Å². The molecule has 0 aliphatic carbocycles. The molecule has 28 heavy (non-hydrogen) atoms. The maximum absolute atomic E-state index is 12.9. The maximum atomic E-state index is 12.9. The summed E-state index contributed by atoms with van der Waals surface area (Å²) in [5.74, 6) is -1.42. The summed E-state index contributed by atoms with van der Waals surface area (Å²) >= 11 is 1.53. The van der Waals surface area contributed by atoms with Crippen LogP contribution in [0.4, 0.5) is 10.1 Å². The van der Waals surface area contributed by atoms with E-state index in [-0.39, 0.29) is 5.91 Å². The van der Waals surface area contributed by atoms with Crippen LogP contribution >= 0.6 is 11.8 Å². The van der Waals surface area contributed by atoms with Crippen LogP contribution < -0.4 is 10.6 Å². The van der Waals surface area contributed by atoms with Gasteiger partial charge in [0.2, 0.25) is 0 Å². The third-order valence-corrected chi connectivity index (χ3v) is 4.35. The molecule has 0 aliphatic rings. The van der Waals surface area contributed by atoms with E-state index in [0.29, 0.717) is 23.4 Å². The number of thioether (sulfide) groups is 1. The lowest BCUT2D eigenvalue weighted by molar-refractivity contribution is -0.149. The minimum atomic E-state index is -0.862. The standard InChI is InChI=1S/C20H21FN2O4S/c1-28-12-11-17(23-19(25)14-5-3-2-4-6-14)20(26)27-13-18(24)22-16-9-7-15(21)8-10-16/h2-10,17H,11-13H2,1H3,(H,22,24)(H,23,25)/t17-/m0/s1. The van der Waals surface area contributed by atoms with Gasteiger partial charge < -0.3 is 15.4 Å². The van der Waals surface area contributed by atoms with Crippen molar-refractivity contribution in [3.05, 3.63) is 66.0 Å². The van der Waals surface area contributed by atoms with Gasteiger partial charge in [-0.15, -0.1) is 0 Å². The Labute approximate surface area is 166 Å². The van der Waals surface area contributed by atoms with E-state index in [9.17, 15) is 18.8 Å². The van der Waals surface area contributed by atoms with Crippen LogP contribution in [0.2, 0.25) is 0 Å². The van der Waals surface area contributed by atoms with Gasteiger partial charge >= 0.3 is 5.97 Å². The van der Waals surface area contributed by atoms with E-state index in [1.807, 2.05) is 6.26 Å². The van der Waals surface area contributed by atoms with Crippen molar-refractivity contribution in [3.8, 4) is 0 Å². The molecule has 148 valence electrons. The summed E-state index contributed by atoms with van der Waals surface area (Å²) in [7, 11) is 0. The highest BCUT2D eigenvalue weighted by molar-refractivity contribution is 7.98. The fraction of sp³-hybridized carbons (Fsp3) is 0.250. The van der Waals surface area contributed by atoms with Gasteiger partial charge in [-0.1, -0.05) is 18.2 Å². The molecule has 0 aromatic heterocycles. The molecule has 2 aromatic rings. The Morgan fingerprint density at radius 2 is 1.75 bits per heavy atom. The van der Waals surface area contributed by atoms with Crippen LogP contribution in [0.3, 0.4) is 0 Å². The normalized spacial score (nSPS) is 11.4. The van der Waals surface area contributed by atoms with Crippen molar-refractivity contribution in [2.45, 2.75) is 12.5 Å². The monoisotopic (exact) mass is 404 g/mol. The molecule has 6 nitrogen and oxygen atoms in total. The average molecular weight is 404 g/mol. The zero-order valence-corrected chi connectivity index (χ0v) is 16.1. The largest absolute Gasteiger partial charge is 0.454 e. The van der Waals surface area contributed by atoms with E-state index in [4.69, 9.17) is 4.74 Å². The lowest BCUT2D eigenvalue weighted by Gasteiger charge is -2.17. The van der Waals surface area contributed by atoms with E-state index in [1.54, 1.807) is 30.3 Å². The van der Waals surface area contributed by atoms with Gasteiger partial charge in [0.1, 0.15) is 11.9 Å². The number of nitrogens with one attached hydrogen (secondary N) is 2. The number of benzene rings is 2. The summed E-state index contributed by atoms with van der Waals surface area (Å²) in [4.78, 5) is 36.5. The zero-order valence-electron chi connectivity index (χ0n) is 15.3. The lowest BCUT2D eigenvalue weighted by Crippen LogP contribution is -2.43. The van der Waals surface area contributed by atoms with Crippen LogP contribution in [0.15, 0.2) is 54.6 Å². The number of ether oxygens (including phenoxy) is 1. The summed E-state index contributed by atoms with van der Waals surface area (Å²) in [6.45, 7) is -0.507. The highest BCUT2D eigenvalue weighted by atomic mass is 32.2. The van der Waals surface area contributed by atoms with Crippen molar-refractivity contribution in [3.63, 3.8) is 0 Å². The number of carbonyl (C=O) groups excluding carboxylic acids is 3. The van der Waals surface area contributed by atoms with E-state index in [2.05, 4.69) is 10.6 Å². The van der Waals surface area contributed by atoms with Crippen molar-refractivity contribution in [2.24, 2.45) is 0 Å². The van der Waals surface area contributed by atoms with Crippen LogP contribution in [0, 0.1) is 5.82 Å². The number of anilines is 1. The predicted octanol–water partition coefficient (Wildman–Crippen LogP) is 2.86. The molecule has 0 heterocycles. The fourth-order valence-electron chi connectivity index (χ4n) is 2.28. The van der Waals surface area contributed by atoms with Gasteiger partial charge in [-0.2, -0.15) is 11.8 Å². The van der Waals surface area contributed by atoms with Crippen LogP contribution in [0.25, 0.3) is 0 Å². The molecule has 0 radical (unpaired) electrons. The summed E-state index contributed by atoms with van der Waals surface area (Å²) in [6.07, 6.45) is 2.26. The van der Waals surface area contributed by atoms with Crippen LogP contribution in [-0.4, -0.2) is 42.4 Å². The molecular formula is C20H21FN2O4S. The lowest BCUT2D eigenvalue weighted by atomic mass is 10.1. The van der Waals surface area contributed by atoms with Crippen molar-refractivity contribution in [2.75, 3.05) is 23.9 Å². The third kappa shape index (κ3) is 7.03. The van der Waals surface area contributed by atoms with Crippen LogP contribution in [-0.2, 0) is 14.3 Å². The van der Waals surface area contributed by atoms with Crippen molar-refractivity contribution in [1.82, 2.24) is 5.32 Å². The molecule has 0 unspecified atom stereocenters. The zero-order chi connectivity index (χ0) is 20.4. The molecule has 2 rings (SSSR count).